The first-order chi connectivity index (χ1) is 10.5. The molecule has 0 fully saturated rings. The van der Waals surface area contributed by atoms with Crippen LogP contribution in [0.15, 0.2) is 30.3 Å². The molecule has 1 aromatic rings. The van der Waals surface area contributed by atoms with Gasteiger partial charge < -0.3 is 19.9 Å². The largest absolute Gasteiger partial charge is 0.466 e. The zero-order valence-electron chi connectivity index (χ0n) is 13.5. The van der Waals surface area contributed by atoms with Gasteiger partial charge in [-0.05, 0) is 33.2 Å². The van der Waals surface area contributed by atoms with E-state index in [4.69, 9.17) is 4.74 Å². The number of urea groups is 1. The second kappa shape index (κ2) is 9.78. The SMILES string of the molecule is CCOC(=O)CCN(CCN(C)C)C(=O)Nc1ccccc1. The van der Waals surface area contributed by atoms with Crippen LogP contribution in [-0.2, 0) is 9.53 Å². The summed E-state index contributed by atoms with van der Waals surface area (Å²) in [6.07, 6.45) is 0.198. The van der Waals surface area contributed by atoms with Crippen LogP contribution in [0.5, 0.6) is 0 Å². The van der Waals surface area contributed by atoms with Crippen LogP contribution < -0.4 is 5.32 Å². The van der Waals surface area contributed by atoms with Crippen LogP contribution in [-0.4, -0.2) is 62.1 Å². The predicted molar refractivity (Wildman–Crippen MR) is 86.8 cm³/mol. The minimum absolute atomic E-state index is 0.198. The molecule has 122 valence electrons. The van der Waals surface area contributed by atoms with Gasteiger partial charge in [0, 0.05) is 25.3 Å². The van der Waals surface area contributed by atoms with E-state index in [9.17, 15) is 9.59 Å². The highest BCUT2D eigenvalue weighted by molar-refractivity contribution is 5.89. The molecular weight excluding hydrogens is 282 g/mol. The van der Waals surface area contributed by atoms with Crippen molar-refractivity contribution in [2.24, 2.45) is 0 Å². The first-order valence-corrected chi connectivity index (χ1v) is 7.44. The Balaban J connectivity index is 2.59. The number of benzene rings is 1. The van der Waals surface area contributed by atoms with Gasteiger partial charge in [-0.2, -0.15) is 0 Å². The number of likely N-dealkylation sites (N-methyl/N-ethyl adjacent to an activating group) is 1. The number of nitrogens with zero attached hydrogens (tertiary/aromatic N) is 2. The molecule has 0 heterocycles. The van der Waals surface area contributed by atoms with Crippen LogP contribution in [0.3, 0.4) is 0 Å². The molecular formula is C16H25N3O3. The number of amides is 2. The number of nitrogens with one attached hydrogen (secondary N) is 1. The van der Waals surface area contributed by atoms with Crippen LogP contribution >= 0.6 is 0 Å². The van der Waals surface area contributed by atoms with Gasteiger partial charge in [0.25, 0.3) is 0 Å². The Labute approximate surface area is 132 Å². The van der Waals surface area contributed by atoms with E-state index in [1.165, 1.54) is 0 Å². The number of ether oxygens (including phenoxy) is 1. The van der Waals surface area contributed by atoms with Gasteiger partial charge in [-0.3, -0.25) is 4.79 Å². The summed E-state index contributed by atoms with van der Waals surface area (Å²) >= 11 is 0. The smallest absolute Gasteiger partial charge is 0.321 e. The highest BCUT2D eigenvalue weighted by Gasteiger charge is 2.15. The maximum atomic E-state index is 12.3. The Kier molecular flexibility index (Phi) is 7.99. The van der Waals surface area contributed by atoms with E-state index in [1.54, 1.807) is 11.8 Å². The number of esters is 1. The third-order valence-electron chi connectivity index (χ3n) is 3.02. The zero-order valence-corrected chi connectivity index (χ0v) is 13.5. The van der Waals surface area contributed by atoms with Crippen LogP contribution in [0.2, 0.25) is 0 Å². The van der Waals surface area contributed by atoms with Crippen LogP contribution in [0.1, 0.15) is 13.3 Å². The average molecular weight is 307 g/mol. The van der Waals surface area contributed by atoms with E-state index >= 15 is 0 Å². The molecule has 0 unspecified atom stereocenters. The van der Waals surface area contributed by atoms with Gasteiger partial charge >= 0.3 is 12.0 Å². The fourth-order valence-electron chi connectivity index (χ4n) is 1.82. The predicted octanol–water partition coefficient (Wildman–Crippen LogP) is 2.04. The summed E-state index contributed by atoms with van der Waals surface area (Å²) in [5.41, 5.74) is 0.735. The van der Waals surface area contributed by atoms with Crippen molar-refractivity contribution in [3.8, 4) is 0 Å². The number of hydrogen-bond acceptors (Lipinski definition) is 4. The molecule has 1 N–H and O–H groups in total. The first-order valence-electron chi connectivity index (χ1n) is 7.44. The van der Waals surface area contributed by atoms with E-state index in [0.29, 0.717) is 19.7 Å². The summed E-state index contributed by atoms with van der Waals surface area (Å²) in [6, 6.07) is 9.05. The lowest BCUT2D eigenvalue weighted by Crippen LogP contribution is -2.40. The number of rotatable bonds is 8. The molecule has 0 aliphatic carbocycles. The number of hydrogen-bond donors (Lipinski definition) is 1. The lowest BCUT2D eigenvalue weighted by molar-refractivity contribution is -0.143. The van der Waals surface area contributed by atoms with E-state index in [2.05, 4.69) is 5.32 Å². The van der Waals surface area contributed by atoms with Crippen LogP contribution in [0.25, 0.3) is 0 Å². The van der Waals surface area contributed by atoms with Crippen molar-refractivity contribution in [2.45, 2.75) is 13.3 Å². The summed E-state index contributed by atoms with van der Waals surface area (Å²) < 4.78 is 4.91. The van der Waals surface area contributed by atoms with Gasteiger partial charge in [-0.1, -0.05) is 18.2 Å². The molecule has 0 bridgehead atoms. The first kappa shape index (κ1) is 18.0. The molecule has 0 radical (unpaired) electrons. The fourth-order valence-corrected chi connectivity index (χ4v) is 1.82. The van der Waals surface area contributed by atoms with Crippen LogP contribution in [0.4, 0.5) is 10.5 Å². The molecule has 0 aliphatic rings. The maximum absolute atomic E-state index is 12.3. The molecule has 6 nitrogen and oxygen atoms in total. The van der Waals surface area contributed by atoms with Gasteiger partial charge in [-0.25, -0.2) is 4.79 Å². The monoisotopic (exact) mass is 307 g/mol. The number of carbonyl (C=O) groups excluding carboxylic acids is 2. The van der Waals surface area contributed by atoms with Crippen molar-refractivity contribution in [3.63, 3.8) is 0 Å². The summed E-state index contributed by atoms with van der Waals surface area (Å²) in [5.74, 6) is -0.287. The highest BCUT2D eigenvalue weighted by Crippen LogP contribution is 2.07. The molecule has 6 heteroatoms. The Morgan fingerprint density at radius 2 is 1.77 bits per heavy atom. The lowest BCUT2D eigenvalue weighted by atomic mass is 10.3. The van der Waals surface area contributed by atoms with E-state index in [1.807, 2.05) is 49.3 Å². The Morgan fingerprint density at radius 3 is 2.36 bits per heavy atom. The summed E-state index contributed by atoms with van der Waals surface area (Å²) in [7, 11) is 3.89. The van der Waals surface area contributed by atoms with Crippen molar-refractivity contribution in [3.05, 3.63) is 30.3 Å². The van der Waals surface area contributed by atoms with Crippen molar-refractivity contribution in [1.82, 2.24) is 9.80 Å². The molecule has 0 spiro atoms. The number of carbonyl (C=O) groups is 2. The quantitative estimate of drug-likeness (QED) is 0.747. The third kappa shape index (κ3) is 7.08. The topological polar surface area (TPSA) is 61.9 Å². The summed E-state index contributed by atoms with van der Waals surface area (Å²) in [6.45, 7) is 3.73. The molecule has 0 aromatic heterocycles. The minimum Gasteiger partial charge on any atom is -0.466 e. The summed E-state index contributed by atoms with van der Waals surface area (Å²) in [4.78, 5) is 27.4. The molecule has 2 amide bonds. The van der Waals surface area contributed by atoms with E-state index in [0.717, 1.165) is 12.2 Å². The van der Waals surface area contributed by atoms with Crippen molar-refractivity contribution < 1.29 is 14.3 Å². The van der Waals surface area contributed by atoms with Gasteiger partial charge in [0.2, 0.25) is 0 Å². The van der Waals surface area contributed by atoms with Gasteiger partial charge in [-0.15, -0.1) is 0 Å². The average Bonchev–Trinajstić information content (AvgIpc) is 2.48. The van der Waals surface area contributed by atoms with Crippen LogP contribution in [0, 0.1) is 0 Å². The van der Waals surface area contributed by atoms with Gasteiger partial charge in [0.1, 0.15) is 0 Å². The molecule has 1 rings (SSSR count). The molecule has 0 aliphatic heterocycles. The number of anilines is 1. The van der Waals surface area contributed by atoms with Gasteiger partial charge in [0.05, 0.1) is 13.0 Å². The lowest BCUT2D eigenvalue weighted by Gasteiger charge is -2.24. The molecule has 22 heavy (non-hydrogen) atoms. The second-order valence-electron chi connectivity index (χ2n) is 5.14. The van der Waals surface area contributed by atoms with Gasteiger partial charge in [0.15, 0.2) is 0 Å². The molecule has 0 atom stereocenters. The molecule has 0 saturated heterocycles. The van der Waals surface area contributed by atoms with Crippen molar-refractivity contribution >= 4 is 17.7 Å². The Bertz CT molecular complexity index is 463. The number of para-hydroxylation sites is 1. The Hall–Kier alpha value is -2.08. The highest BCUT2D eigenvalue weighted by atomic mass is 16.5. The van der Waals surface area contributed by atoms with E-state index < -0.39 is 0 Å². The second-order valence-corrected chi connectivity index (χ2v) is 5.14. The molecule has 1 aromatic carbocycles. The minimum atomic E-state index is -0.287. The maximum Gasteiger partial charge on any atom is 0.321 e. The Morgan fingerprint density at radius 1 is 1.09 bits per heavy atom. The van der Waals surface area contributed by atoms with Crippen molar-refractivity contribution in [2.75, 3.05) is 45.7 Å². The normalized spacial score (nSPS) is 10.4. The molecule has 0 saturated carbocycles. The van der Waals surface area contributed by atoms with E-state index in [-0.39, 0.29) is 18.4 Å². The van der Waals surface area contributed by atoms with Crippen molar-refractivity contribution in [1.29, 1.82) is 0 Å². The zero-order chi connectivity index (χ0) is 16.4. The summed E-state index contributed by atoms with van der Waals surface area (Å²) in [5, 5.41) is 2.84. The third-order valence-corrected chi connectivity index (χ3v) is 3.02. The fraction of sp³-hybridized carbons (Fsp3) is 0.500. The standard InChI is InChI=1S/C16H25N3O3/c1-4-22-15(20)10-11-19(13-12-18(2)3)16(21)17-14-8-6-5-7-9-14/h5-9H,4,10-13H2,1-3H3,(H,17,21).